The largest absolute Gasteiger partial charge is 0.263 e. The molecule has 3 aromatic rings. The lowest BCUT2D eigenvalue weighted by Gasteiger charge is -2.06. The van der Waals surface area contributed by atoms with Crippen LogP contribution < -0.4 is 4.72 Å². The van der Waals surface area contributed by atoms with E-state index in [1.165, 1.54) is 11.3 Å². The van der Waals surface area contributed by atoms with E-state index >= 15 is 0 Å². The molecule has 21 heavy (non-hydrogen) atoms. The number of benzene rings is 2. The molecule has 0 bridgehead atoms. The Morgan fingerprint density at radius 2 is 1.76 bits per heavy atom. The van der Waals surface area contributed by atoms with E-state index in [-0.39, 0.29) is 4.90 Å². The number of sulfonamides is 1. The van der Waals surface area contributed by atoms with Crippen molar-refractivity contribution < 1.29 is 8.42 Å². The number of hydrogen-bond acceptors (Lipinski definition) is 4. The number of hydrogen-bond donors (Lipinski definition) is 1. The molecular weight excluding hydrogens is 304 g/mol. The van der Waals surface area contributed by atoms with E-state index in [0.717, 1.165) is 21.3 Å². The quantitative estimate of drug-likeness (QED) is 0.801. The lowest BCUT2D eigenvalue weighted by Crippen LogP contribution is -2.12. The van der Waals surface area contributed by atoms with Crippen LogP contribution in [-0.2, 0) is 10.0 Å². The van der Waals surface area contributed by atoms with Gasteiger partial charge in [0, 0.05) is 4.88 Å². The molecule has 1 heterocycles. The second-order valence-electron chi connectivity index (χ2n) is 4.78. The fourth-order valence-corrected chi connectivity index (χ4v) is 4.11. The number of anilines is 1. The zero-order valence-electron chi connectivity index (χ0n) is 11.6. The summed E-state index contributed by atoms with van der Waals surface area (Å²) in [7, 11) is -3.61. The Morgan fingerprint density at radius 3 is 2.43 bits per heavy atom. The maximum atomic E-state index is 12.4. The van der Waals surface area contributed by atoms with Gasteiger partial charge in [0.15, 0.2) is 5.13 Å². The molecule has 0 saturated carbocycles. The van der Waals surface area contributed by atoms with Gasteiger partial charge in [-0.15, -0.1) is 11.3 Å². The van der Waals surface area contributed by atoms with Crippen molar-refractivity contribution in [2.45, 2.75) is 18.7 Å². The van der Waals surface area contributed by atoms with Crippen molar-refractivity contribution in [1.82, 2.24) is 4.98 Å². The summed E-state index contributed by atoms with van der Waals surface area (Å²) >= 11 is 1.34. The Morgan fingerprint density at radius 1 is 1.05 bits per heavy atom. The second kappa shape index (κ2) is 5.13. The number of rotatable bonds is 3. The third kappa shape index (κ3) is 2.77. The number of nitrogens with one attached hydrogen (secondary N) is 1. The van der Waals surface area contributed by atoms with Crippen LogP contribution >= 0.6 is 11.3 Å². The number of aryl methyl sites for hydroxylation is 2. The van der Waals surface area contributed by atoms with Crippen LogP contribution in [0.15, 0.2) is 47.4 Å². The molecule has 0 saturated heterocycles. The van der Waals surface area contributed by atoms with Crippen molar-refractivity contribution in [3.63, 3.8) is 0 Å². The highest BCUT2D eigenvalue weighted by Gasteiger charge is 2.17. The summed E-state index contributed by atoms with van der Waals surface area (Å²) in [6, 6.07) is 12.7. The van der Waals surface area contributed by atoms with Crippen molar-refractivity contribution in [1.29, 1.82) is 0 Å². The van der Waals surface area contributed by atoms with Crippen LogP contribution in [0.2, 0.25) is 0 Å². The summed E-state index contributed by atoms with van der Waals surface area (Å²) in [5, 5.41) is 2.31. The Balaban J connectivity index is 1.99. The lowest BCUT2D eigenvalue weighted by atomic mass is 10.1. The van der Waals surface area contributed by atoms with E-state index in [9.17, 15) is 8.42 Å². The van der Waals surface area contributed by atoms with Crippen LogP contribution in [0.25, 0.3) is 10.8 Å². The van der Waals surface area contributed by atoms with Crippen molar-refractivity contribution in [3.05, 3.63) is 53.0 Å². The van der Waals surface area contributed by atoms with Gasteiger partial charge in [-0.05, 0) is 36.8 Å². The molecule has 1 N–H and O–H groups in total. The zero-order valence-corrected chi connectivity index (χ0v) is 13.3. The average molecular weight is 318 g/mol. The SMILES string of the molecule is Cc1nc(NS(=O)(=O)c2ccc3ccccc3c2)sc1C. The first-order chi connectivity index (χ1) is 9.95. The third-order valence-corrected chi connectivity index (χ3v) is 5.74. The monoisotopic (exact) mass is 318 g/mol. The van der Waals surface area contributed by atoms with Gasteiger partial charge in [0.05, 0.1) is 10.6 Å². The number of nitrogens with zero attached hydrogens (tertiary/aromatic N) is 1. The average Bonchev–Trinajstić information content (AvgIpc) is 2.76. The van der Waals surface area contributed by atoms with Gasteiger partial charge in [-0.25, -0.2) is 13.4 Å². The molecule has 4 nitrogen and oxygen atoms in total. The van der Waals surface area contributed by atoms with Gasteiger partial charge in [-0.1, -0.05) is 30.3 Å². The molecule has 0 fully saturated rings. The molecule has 3 rings (SSSR count). The molecule has 1 aromatic heterocycles. The van der Waals surface area contributed by atoms with Crippen molar-refractivity contribution in [3.8, 4) is 0 Å². The molecule has 0 spiro atoms. The topological polar surface area (TPSA) is 59.1 Å². The molecule has 2 aromatic carbocycles. The molecule has 6 heteroatoms. The Labute approximate surface area is 127 Å². The first kappa shape index (κ1) is 14.0. The first-order valence-corrected chi connectivity index (χ1v) is 8.71. The number of fused-ring (bicyclic) bond motifs is 1. The predicted molar refractivity (Wildman–Crippen MR) is 86.3 cm³/mol. The van der Waals surface area contributed by atoms with E-state index in [0.29, 0.717) is 5.13 Å². The molecule has 108 valence electrons. The van der Waals surface area contributed by atoms with Gasteiger partial charge in [0.1, 0.15) is 0 Å². The third-order valence-electron chi connectivity index (χ3n) is 3.28. The summed E-state index contributed by atoms with van der Waals surface area (Å²) in [5.74, 6) is 0. The fourth-order valence-electron chi connectivity index (χ4n) is 2.02. The predicted octanol–water partition coefficient (Wildman–Crippen LogP) is 3.71. The summed E-state index contributed by atoms with van der Waals surface area (Å²) < 4.78 is 27.4. The summed E-state index contributed by atoms with van der Waals surface area (Å²) in [6.07, 6.45) is 0. The molecule has 0 aliphatic carbocycles. The fraction of sp³-hybridized carbons (Fsp3) is 0.133. The molecule has 0 unspecified atom stereocenters. The highest BCUT2D eigenvalue weighted by molar-refractivity contribution is 7.93. The minimum Gasteiger partial charge on any atom is -0.255 e. The molecule has 0 aliphatic heterocycles. The molecule has 0 atom stereocenters. The standard InChI is InChI=1S/C15H14N2O2S2/c1-10-11(2)20-15(16-10)17-21(18,19)14-8-7-12-5-3-4-6-13(12)9-14/h3-9H,1-2H3,(H,16,17). The highest BCUT2D eigenvalue weighted by atomic mass is 32.2. The van der Waals surface area contributed by atoms with Gasteiger partial charge in [0.2, 0.25) is 0 Å². The Kier molecular flexibility index (Phi) is 3.43. The number of aromatic nitrogens is 1. The van der Waals surface area contributed by atoms with Gasteiger partial charge >= 0.3 is 0 Å². The number of thiazole rings is 1. The van der Waals surface area contributed by atoms with E-state index < -0.39 is 10.0 Å². The van der Waals surface area contributed by atoms with Gasteiger partial charge in [-0.2, -0.15) is 0 Å². The summed E-state index contributed by atoms with van der Waals surface area (Å²) in [4.78, 5) is 5.46. The van der Waals surface area contributed by atoms with Crippen LogP contribution in [0.3, 0.4) is 0 Å². The van der Waals surface area contributed by atoms with Crippen molar-refractivity contribution >= 4 is 37.3 Å². The Bertz CT molecular complexity index is 895. The minimum atomic E-state index is -3.61. The van der Waals surface area contributed by atoms with E-state index in [1.54, 1.807) is 12.1 Å². The smallest absolute Gasteiger partial charge is 0.255 e. The van der Waals surface area contributed by atoms with E-state index in [4.69, 9.17) is 0 Å². The molecule has 0 radical (unpaired) electrons. The molecule has 0 aliphatic rings. The van der Waals surface area contributed by atoms with E-state index in [1.807, 2.05) is 44.2 Å². The van der Waals surface area contributed by atoms with Crippen molar-refractivity contribution in [2.24, 2.45) is 0 Å². The van der Waals surface area contributed by atoms with Crippen LogP contribution in [0, 0.1) is 13.8 Å². The lowest BCUT2D eigenvalue weighted by molar-refractivity contribution is 0.601. The maximum absolute atomic E-state index is 12.4. The molecule has 0 amide bonds. The Hall–Kier alpha value is -1.92. The van der Waals surface area contributed by atoms with Crippen LogP contribution in [0.5, 0.6) is 0 Å². The van der Waals surface area contributed by atoms with Gasteiger partial charge < -0.3 is 0 Å². The molecular formula is C15H14N2O2S2. The van der Waals surface area contributed by atoms with Crippen LogP contribution in [0.4, 0.5) is 5.13 Å². The second-order valence-corrected chi connectivity index (χ2v) is 7.66. The normalized spacial score (nSPS) is 11.7. The first-order valence-electron chi connectivity index (χ1n) is 6.41. The summed E-state index contributed by atoms with van der Waals surface area (Å²) in [5.41, 5.74) is 0.844. The van der Waals surface area contributed by atoms with Gasteiger partial charge in [-0.3, -0.25) is 4.72 Å². The zero-order chi connectivity index (χ0) is 15.0. The van der Waals surface area contributed by atoms with E-state index in [2.05, 4.69) is 9.71 Å². The van der Waals surface area contributed by atoms with Crippen LogP contribution in [0.1, 0.15) is 10.6 Å². The highest BCUT2D eigenvalue weighted by Crippen LogP contribution is 2.25. The maximum Gasteiger partial charge on any atom is 0.263 e. The van der Waals surface area contributed by atoms with Crippen LogP contribution in [-0.4, -0.2) is 13.4 Å². The minimum absolute atomic E-state index is 0.242. The van der Waals surface area contributed by atoms with Gasteiger partial charge in [0.25, 0.3) is 10.0 Å². The summed E-state index contributed by atoms with van der Waals surface area (Å²) in [6.45, 7) is 3.78. The van der Waals surface area contributed by atoms with Crippen molar-refractivity contribution in [2.75, 3.05) is 4.72 Å².